The molecule has 1 saturated heterocycles. The minimum atomic E-state index is -1.49. The Kier molecular flexibility index (Phi) is 12.5. The number of anilines is 1. The van der Waals surface area contributed by atoms with E-state index in [1.165, 1.54) is 6.92 Å². The second-order valence-corrected chi connectivity index (χ2v) is 11.3. The molecule has 1 aromatic carbocycles. The average Bonchev–Trinajstić information content (AvgIpc) is 3.30. The highest BCUT2D eigenvalue weighted by Crippen LogP contribution is 2.26. The summed E-state index contributed by atoms with van der Waals surface area (Å²) in [6, 6.07) is 2.61. The predicted molar refractivity (Wildman–Crippen MR) is 157 cm³/mol. The van der Waals surface area contributed by atoms with Crippen LogP contribution in [0.4, 0.5) is 5.69 Å². The molecule has 2 heterocycles. The fraction of sp³-hybridized carbons (Fsp3) is 0.500. The maximum Gasteiger partial charge on any atom is 0.335 e. The van der Waals surface area contributed by atoms with Crippen LogP contribution in [0.5, 0.6) is 0 Å². The lowest BCUT2D eigenvalue weighted by atomic mass is 9.93. The molecule has 0 radical (unpaired) electrons. The van der Waals surface area contributed by atoms with E-state index in [2.05, 4.69) is 16.0 Å². The molecule has 6 atom stereocenters. The van der Waals surface area contributed by atoms with Crippen molar-refractivity contribution in [2.75, 3.05) is 11.9 Å². The van der Waals surface area contributed by atoms with Crippen molar-refractivity contribution in [1.29, 1.82) is 0 Å². The number of carboxylic acids is 1. The molecular formula is C30H38N4O12. The molecule has 0 aromatic heterocycles. The molecule has 16 nitrogen and oxygen atoms in total. The van der Waals surface area contributed by atoms with Gasteiger partial charge in [0, 0.05) is 24.3 Å². The van der Waals surface area contributed by atoms with Gasteiger partial charge in [0.1, 0.15) is 25.2 Å². The molecule has 1 fully saturated rings. The zero-order valence-corrected chi connectivity index (χ0v) is 25.5. The molecule has 0 spiro atoms. The van der Waals surface area contributed by atoms with Crippen molar-refractivity contribution in [2.24, 2.45) is 5.92 Å². The van der Waals surface area contributed by atoms with Crippen molar-refractivity contribution < 1.29 is 58.4 Å². The number of nitrogens with zero attached hydrogens (tertiary/aromatic N) is 1. The van der Waals surface area contributed by atoms with Crippen molar-refractivity contribution in [2.45, 2.75) is 83.1 Å². The second-order valence-electron chi connectivity index (χ2n) is 11.3. The Morgan fingerprint density at radius 3 is 2.30 bits per heavy atom. The highest BCUT2D eigenvalue weighted by atomic mass is 16.5. The number of carboxylic acid groups (broad SMARTS) is 1. The first-order valence-electron chi connectivity index (χ1n) is 14.6. The van der Waals surface area contributed by atoms with E-state index in [4.69, 9.17) is 9.47 Å². The summed E-state index contributed by atoms with van der Waals surface area (Å²) in [5.74, 6) is -5.06. The molecule has 0 saturated carbocycles. The number of aryl methyl sites for hydroxylation is 1. The number of amides is 5. The van der Waals surface area contributed by atoms with Crippen molar-refractivity contribution in [1.82, 2.24) is 15.5 Å². The van der Waals surface area contributed by atoms with Crippen LogP contribution in [0.2, 0.25) is 0 Å². The summed E-state index contributed by atoms with van der Waals surface area (Å²) < 4.78 is 10.3. The number of ether oxygens (including phenoxy) is 2. The fourth-order valence-electron chi connectivity index (χ4n) is 4.98. The van der Waals surface area contributed by atoms with Crippen molar-refractivity contribution in [3.05, 3.63) is 41.5 Å². The molecule has 5 amide bonds. The molecular weight excluding hydrogens is 608 g/mol. The number of hydrogen-bond acceptors (Lipinski definition) is 11. The van der Waals surface area contributed by atoms with Gasteiger partial charge in [-0.3, -0.25) is 33.7 Å². The van der Waals surface area contributed by atoms with Crippen LogP contribution in [-0.4, -0.2) is 105 Å². The number of imide groups is 1. The predicted octanol–water partition coefficient (Wildman–Crippen LogP) is -1.23. The van der Waals surface area contributed by atoms with Crippen LogP contribution in [0.25, 0.3) is 0 Å². The quantitative estimate of drug-likeness (QED) is 0.0970. The molecule has 0 unspecified atom stereocenters. The Balaban J connectivity index is 1.63. The minimum absolute atomic E-state index is 0.0943. The standard InChI is InChI=1S/C30H38N4O12/c1-15(2)26(33-23(38)12-34-24(39)8-9-25(34)40)29(42)31-16(3)28(41)32-19-6-4-18(13-45-14-35)17(10-19)5-7-22-20(36)11-21(37)27(46-22)30(43)44/h4,6,8-10,14-16,20-22,26-27,36-37H,5,7,11-13H2,1-3H3,(H,31,42)(H,32,41)(H,33,38)(H,43,44)/t16-,20+,21-,22-,26-,27-/m0/s1. The van der Waals surface area contributed by atoms with E-state index in [1.54, 1.807) is 32.0 Å². The third-order valence-corrected chi connectivity index (χ3v) is 7.53. The van der Waals surface area contributed by atoms with Crippen molar-refractivity contribution in [3.63, 3.8) is 0 Å². The first-order chi connectivity index (χ1) is 21.7. The molecule has 16 heteroatoms. The number of aliphatic carboxylic acids is 1. The fourth-order valence-corrected chi connectivity index (χ4v) is 4.98. The maximum atomic E-state index is 13.0. The van der Waals surface area contributed by atoms with Gasteiger partial charge in [0.05, 0.1) is 18.3 Å². The van der Waals surface area contributed by atoms with Crippen LogP contribution in [0.3, 0.4) is 0 Å². The molecule has 2 aliphatic heterocycles. The van der Waals surface area contributed by atoms with Gasteiger partial charge >= 0.3 is 5.97 Å². The van der Waals surface area contributed by atoms with Gasteiger partial charge in [0.25, 0.3) is 18.3 Å². The number of nitrogens with one attached hydrogen (secondary N) is 3. The highest BCUT2D eigenvalue weighted by Gasteiger charge is 2.40. The number of aliphatic hydroxyl groups excluding tert-OH is 2. The van der Waals surface area contributed by atoms with E-state index in [0.717, 1.165) is 17.1 Å². The summed E-state index contributed by atoms with van der Waals surface area (Å²) in [5.41, 5.74) is 1.50. The van der Waals surface area contributed by atoms with Gasteiger partial charge < -0.3 is 40.7 Å². The van der Waals surface area contributed by atoms with Gasteiger partial charge in [-0.2, -0.15) is 0 Å². The monoisotopic (exact) mass is 646 g/mol. The second kappa shape index (κ2) is 16.1. The van der Waals surface area contributed by atoms with E-state index >= 15 is 0 Å². The smallest absolute Gasteiger partial charge is 0.335 e. The summed E-state index contributed by atoms with van der Waals surface area (Å²) in [6.07, 6.45) is -2.61. The Bertz CT molecular complexity index is 1360. The third-order valence-electron chi connectivity index (χ3n) is 7.53. The molecule has 3 rings (SSSR count). The summed E-state index contributed by atoms with van der Waals surface area (Å²) in [6.45, 7) is 4.38. The van der Waals surface area contributed by atoms with E-state index in [9.17, 15) is 48.9 Å². The largest absolute Gasteiger partial charge is 0.479 e. The van der Waals surface area contributed by atoms with E-state index in [1.807, 2.05) is 0 Å². The van der Waals surface area contributed by atoms with Crippen LogP contribution >= 0.6 is 0 Å². The first-order valence-corrected chi connectivity index (χ1v) is 14.6. The van der Waals surface area contributed by atoms with Crippen molar-refractivity contribution >= 4 is 47.7 Å². The summed E-state index contributed by atoms with van der Waals surface area (Å²) in [5, 5.41) is 37.3. The van der Waals surface area contributed by atoms with E-state index in [0.29, 0.717) is 16.8 Å². The lowest BCUT2D eigenvalue weighted by Crippen LogP contribution is -2.55. The maximum absolute atomic E-state index is 13.0. The highest BCUT2D eigenvalue weighted by molar-refractivity contribution is 6.14. The lowest BCUT2D eigenvalue weighted by Gasteiger charge is -2.35. The van der Waals surface area contributed by atoms with Crippen LogP contribution < -0.4 is 16.0 Å². The summed E-state index contributed by atoms with van der Waals surface area (Å²) in [7, 11) is 0. The molecule has 0 bridgehead atoms. The number of hydrogen-bond donors (Lipinski definition) is 6. The molecule has 6 N–H and O–H groups in total. The van der Waals surface area contributed by atoms with E-state index in [-0.39, 0.29) is 32.3 Å². The number of carbonyl (C=O) groups is 7. The SMILES string of the molecule is CC(C)[C@H](NC(=O)CN1C(=O)C=CC1=O)C(=O)N[C@@H](C)C(=O)Nc1ccc(COC=O)c(CC[C@@H]2O[C@H](C(=O)O)[C@@H](O)C[C@H]2O)c1. The number of benzene rings is 1. The van der Waals surface area contributed by atoms with Crippen LogP contribution in [0.15, 0.2) is 30.4 Å². The van der Waals surface area contributed by atoms with Crippen molar-refractivity contribution in [3.8, 4) is 0 Å². The van der Waals surface area contributed by atoms with Gasteiger partial charge in [0.15, 0.2) is 6.10 Å². The average molecular weight is 647 g/mol. The van der Waals surface area contributed by atoms with E-state index < -0.39 is 84.5 Å². The number of carbonyl (C=O) groups excluding carboxylic acids is 6. The summed E-state index contributed by atoms with van der Waals surface area (Å²) in [4.78, 5) is 84.9. The normalized spacial score (nSPS) is 22.3. The zero-order chi connectivity index (χ0) is 34.1. The number of aliphatic hydroxyl groups is 2. The Morgan fingerprint density at radius 2 is 1.70 bits per heavy atom. The topological polar surface area (TPSA) is 238 Å². The Labute approximate surface area is 264 Å². The Hall–Kier alpha value is -4.67. The molecule has 2 aliphatic rings. The molecule has 0 aliphatic carbocycles. The van der Waals surface area contributed by atoms with Gasteiger partial charge in [0.2, 0.25) is 17.7 Å². The zero-order valence-electron chi connectivity index (χ0n) is 25.5. The van der Waals surface area contributed by atoms with Gasteiger partial charge in [-0.15, -0.1) is 0 Å². The molecule has 46 heavy (non-hydrogen) atoms. The van der Waals surface area contributed by atoms with Gasteiger partial charge in [-0.1, -0.05) is 19.9 Å². The van der Waals surface area contributed by atoms with Crippen LogP contribution in [-0.2, 0) is 56.1 Å². The van der Waals surface area contributed by atoms with Gasteiger partial charge in [-0.25, -0.2) is 4.79 Å². The van der Waals surface area contributed by atoms with Crippen LogP contribution in [0, 0.1) is 5.92 Å². The Morgan fingerprint density at radius 1 is 1.02 bits per heavy atom. The molecule has 250 valence electrons. The lowest BCUT2D eigenvalue weighted by molar-refractivity contribution is -0.193. The number of rotatable bonds is 15. The van der Waals surface area contributed by atoms with Crippen LogP contribution in [0.1, 0.15) is 44.7 Å². The summed E-state index contributed by atoms with van der Waals surface area (Å²) >= 11 is 0. The van der Waals surface area contributed by atoms with Gasteiger partial charge in [-0.05, 0) is 48.9 Å². The minimum Gasteiger partial charge on any atom is -0.479 e. The third kappa shape index (κ3) is 9.42. The molecule has 1 aromatic rings. The first kappa shape index (κ1) is 35.8.